The van der Waals surface area contributed by atoms with Crippen LogP contribution in [0.5, 0.6) is 5.75 Å². The maximum Gasteiger partial charge on any atom is 0.271 e. The highest BCUT2D eigenvalue weighted by atomic mass is 32.1. The molecule has 1 aliphatic rings. The number of hydrogen-bond acceptors (Lipinski definition) is 6. The Hall–Kier alpha value is -6.07. The number of methoxy groups -OCH3 is 1. The summed E-state index contributed by atoms with van der Waals surface area (Å²) in [6.07, 6.45) is 3.63. The molecule has 0 radical (unpaired) electrons. The first kappa shape index (κ1) is 31.5. The number of anilines is 2. The third-order valence-electron chi connectivity index (χ3n) is 8.28. The van der Waals surface area contributed by atoms with Gasteiger partial charge in [-0.05, 0) is 73.2 Å². The predicted octanol–water partition coefficient (Wildman–Crippen LogP) is 5.62. The Morgan fingerprint density at radius 2 is 1.61 bits per heavy atom. The van der Waals surface area contributed by atoms with E-state index in [9.17, 15) is 18.8 Å². The second-order valence-corrected chi connectivity index (χ2v) is 12.5. The molecule has 0 bridgehead atoms. The van der Waals surface area contributed by atoms with Crippen LogP contribution in [0.3, 0.4) is 0 Å². The van der Waals surface area contributed by atoms with Crippen molar-refractivity contribution in [2.24, 2.45) is 4.99 Å². The molecule has 1 atom stereocenters. The van der Waals surface area contributed by atoms with E-state index in [1.807, 2.05) is 65.4 Å². The zero-order valence-electron chi connectivity index (χ0n) is 26.5. The molecule has 7 rings (SSSR count). The Morgan fingerprint density at radius 1 is 0.918 bits per heavy atom. The first-order chi connectivity index (χ1) is 23.8. The number of hydrogen-bond donors (Lipinski definition) is 2. The van der Waals surface area contributed by atoms with Gasteiger partial charge < -0.3 is 19.9 Å². The summed E-state index contributed by atoms with van der Waals surface area (Å²) < 4.78 is 22.5. The number of ether oxygens (including phenoxy) is 1. The van der Waals surface area contributed by atoms with Crippen LogP contribution in [0, 0.1) is 5.82 Å². The quantitative estimate of drug-likeness (QED) is 0.219. The minimum atomic E-state index is -0.746. The van der Waals surface area contributed by atoms with E-state index >= 15 is 0 Å². The van der Waals surface area contributed by atoms with Crippen LogP contribution in [0.4, 0.5) is 15.8 Å². The highest BCUT2D eigenvalue weighted by Crippen LogP contribution is 2.32. The number of thiazole rings is 1. The number of amides is 2. The summed E-state index contributed by atoms with van der Waals surface area (Å²) in [6.45, 7) is 1.78. The smallest absolute Gasteiger partial charge is 0.271 e. The molecule has 2 amide bonds. The summed E-state index contributed by atoms with van der Waals surface area (Å²) >= 11 is 1.24. The number of rotatable bonds is 8. The third kappa shape index (κ3) is 6.31. The first-order valence-electron chi connectivity index (χ1n) is 15.5. The zero-order valence-corrected chi connectivity index (χ0v) is 27.3. The summed E-state index contributed by atoms with van der Waals surface area (Å²) in [5.74, 6) is -0.379. The molecule has 49 heavy (non-hydrogen) atoms. The normalized spacial score (nSPS) is 14.3. The van der Waals surface area contributed by atoms with E-state index in [2.05, 4.69) is 10.6 Å². The number of benzene rings is 4. The molecular weight excluding hydrogens is 642 g/mol. The second-order valence-electron chi connectivity index (χ2n) is 11.5. The standard InChI is InChI=1S/C38H30FN5O4S/c1-23-34(36(46)42-27-8-4-3-5-9-27)35(24-12-18-29(48-2)19-13-24)44-37(47)32(49-38(44)40-23)20-25-21-43(31-11-7-6-10-30(25)31)22-33(45)41-28-16-14-26(39)15-17-28/h3-21,35H,22H2,1-2H3,(H,41,45)(H,42,46)/b32-20+/t35-/m0/s1. The van der Waals surface area contributed by atoms with Crippen LogP contribution < -0.4 is 30.3 Å². The number of carbonyl (C=O) groups excluding carboxylic acids is 2. The van der Waals surface area contributed by atoms with E-state index in [0.717, 1.165) is 22.0 Å². The van der Waals surface area contributed by atoms with E-state index in [-0.39, 0.29) is 29.7 Å². The summed E-state index contributed by atoms with van der Waals surface area (Å²) in [5, 5.41) is 6.62. The first-order valence-corrected chi connectivity index (χ1v) is 16.3. The van der Waals surface area contributed by atoms with Crippen molar-refractivity contribution >= 4 is 51.5 Å². The molecule has 0 aliphatic carbocycles. The molecule has 4 aromatic carbocycles. The van der Waals surface area contributed by atoms with Crippen molar-refractivity contribution in [3.05, 3.63) is 157 Å². The van der Waals surface area contributed by atoms with Crippen LogP contribution in [0.1, 0.15) is 24.1 Å². The van der Waals surface area contributed by atoms with Crippen LogP contribution in [0.25, 0.3) is 17.0 Å². The van der Waals surface area contributed by atoms with Crippen LogP contribution in [-0.4, -0.2) is 28.1 Å². The number of nitrogens with one attached hydrogen (secondary N) is 2. The molecule has 11 heteroatoms. The molecule has 1 aliphatic heterocycles. The van der Waals surface area contributed by atoms with Gasteiger partial charge in [-0.1, -0.05) is 59.9 Å². The molecule has 9 nitrogen and oxygen atoms in total. The van der Waals surface area contributed by atoms with Crippen molar-refractivity contribution in [2.75, 3.05) is 17.7 Å². The van der Waals surface area contributed by atoms with Gasteiger partial charge in [-0.2, -0.15) is 0 Å². The summed E-state index contributed by atoms with van der Waals surface area (Å²) in [5.41, 5.74) is 3.96. The maximum absolute atomic E-state index is 14.3. The lowest BCUT2D eigenvalue weighted by atomic mass is 9.95. The van der Waals surface area contributed by atoms with Crippen LogP contribution in [0.2, 0.25) is 0 Å². The minimum Gasteiger partial charge on any atom is -0.497 e. The number of allylic oxidation sites excluding steroid dienone is 1. The largest absolute Gasteiger partial charge is 0.497 e. The number of para-hydroxylation sites is 2. The number of halogens is 1. The van der Waals surface area contributed by atoms with Gasteiger partial charge in [-0.15, -0.1) is 0 Å². The lowest BCUT2D eigenvalue weighted by Gasteiger charge is -2.25. The van der Waals surface area contributed by atoms with Gasteiger partial charge in [-0.25, -0.2) is 9.38 Å². The van der Waals surface area contributed by atoms with Gasteiger partial charge >= 0.3 is 0 Å². The second kappa shape index (κ2) is 13.2. The van der Waals surface area contributed by atoms with E-state index in [1.54, 1.807) is 48.9 Å². The van der Waals surface area contributed by atoms with E-state index in [4.69, 9.17) is 9.73 Å². The number of carbonyl (C=O) groups is 2. The molecule has 0 unspecified atom stereocenters. The Morgan fingerprint density at radius 3 is 2.35 bits per heavy atom. The van der Waals surface area contributed by atoms with Gasteiger partial charge in [0.05, 0.1) is 29.0 Å². The number of fused-ring (bicyclic) bond motifs is 2. The van der Waals surface area contributed by atoms with Gasteiger partial charge in [0, 0.05) is 34.0 Å². The molecular formula is C38H30FN5O4S. The highest BCUT2D eigenvalue weighted by Gasteiger charge is 2.32. The van der Waals surface area contributed by atoms with Gasteiger partial charge in [0.15, 0.2) is 4.80 Å². The third-order valence-corrected chi connectivity index (χ3v) is 9.26. The van der Waals surface area contributed by atoms with Crippen molar-refractivity contribution < 1.29 is 18.7 Å². The van der Waals surface area contributed by atoms with Gasteiger partial charge in [0.2, 0.25) is 5.91 Å². The fourth-order valence-electron chi connectivity index (χ4n) is 5.98. The Kier molecular flexibility index (Phi) is 8.50. The Balaban J connectivity index is 1.29. The number of nitrogens with zero attached hydrogens (tertiary/aromatic N) is 3. The molecule has 2 aromatic heterocycles. The lowest BCUT2D eigenvalue weighted by molar-refractivity contribution is -0.116. The van der Waals surface area contributed by atoms with Crippen molar-refractivity contribution in [2.45, 2.75) is 19.5 Å². The molecule has 0 saturated heterocycles. The average molecular weight is 672 g/mol. The van der Waals surface area contributed by atoms with Crippen LogP contribution >= 0.6 is 11.3 Å². The molecule has 0 fully saturated rings. The van der Waals surface area contributed by atoms with E-state index in [1.165, 1.54) is 35.6 Å². The average Bonchev–Trinajstić information content (AvgIpc) is 3.61. The number of aromatic nitrogens is 2. The lowest BCUT2D eigenvalue weighted by Crippen LogP contribution is -2.40. The highest BCUT2D eigenvalue weighted by molar-refractivity contribution is 7.07. The predicted molar refractivity (Wildman–Crippen MR) is 189 cm³/mol. The summed E-state index contributed by atoms with van der Waals surface area (Å²) in [7, 11) is 1.58. The summed E-state index contributed by atoms with van der Waals surface area (Å²) in [6, 6.07) is 28.9. The molecule has 0 saturated carbocycles. The molecule has 3 heterocycles. The minimum absolute atomic E-state index is 0.00350. The maximum atomic E-state index is 14.3. The SMILES string of the molecule is COc1ccc([C@H]2C(C(=O)Nc3ccccc3)=C(C)N=c3s/c(=C/c4cn(CC(=O)Nc5ccc(F)cc5)c5ccccc45)c(=O)n32)cc1. The van der Waals surface area contributed by atoms with Gasteiger partial charge in [0.25, 0.3) is 11.5 Å². The van der Waals surface area contributed by atoms with Gasteiger partial charge in [-0.3, -0.25) is 19.0 Å². The van der Waals surface area contributed by atoms with Crippen LogP contribution in [-0.2, 0) is 16.1 Å². The Labute approximate surface area is 283 Å². The monoisotopic (exact) mass is 671 g/mol. The molecule has 244 valence electrons. The van der Waals surface area contributed by atoms with Crippen molar-refractivity contribution in [3.8, 4) is 5.75 Å². The fraction of sp³-hybridized carbons (Fsp3) is 0.105. The van der Waals surface area contributed by atoms with Crippen molar-refractivity contribution in [3.63, 3.8) is 0 Å². The topological polar surface area (TPSA) is 107 Å². The zero-order chi connectivity index (χ0) is 34.1. The molecule has 0 spiro atoms. The Bertz CT molecular complexity index is 2430. The van der Waals surface area contributed by atoms with Crippen LogP contribution in [0.15, 0.2) is 130 Å². The molecule has 2 N–H and O–H groups in total. The van der Waals surface area contributed by atoms with Crippen molar-refractivity contribution in [1.82, 2.24) is 9.13 Å². The molecule has 6 aromatic rings. The fourth-order valence-corrected chi connectivity index (χ4v) is 7.02. The van der Waals surface area contributed by atoms with Crippen molar-refractivity contribution in [1.29, 1.82) is 0 Å². The van der Waals surface area contributed by atoms with E-state index < -0.39 is 6.04 Å². The summed E-state index contributed by atoms with van der Waals surface area (Å²) in [4.78, 5) is 46.3. The van der Waals surface area contributed by atoms with E-state index in [0.29, 0.717) is 37.7 Å². The van der Waals surface area contributed by atoms with Gasteiger partial charge in [0.1, 0.15) is 18.1 Å².